The number of anilines is 1. The van der Waals surface area contributed by atoms with Crippen molar-refractivity contribution in [3.63, 3.8) is 0 Å². The Hall–Kier alpha value is -2.23. The SMILES string of the molecule is OC1(c2cn[nH]n2)CCCN(c2ccc(C(F)(F)F)nn2)C1. The normalized spacial score (nSPS) is 22.8. The number of nitrogens with zero attached hydrogens (tertiary/aromatic N) is 5. The molecular weight excluding hydrogens is 301 g/mol. The summed E-state index contributed by atoms with van der Waals surface area (Å²) in [4.78, 5) is 1.69. The molecule has 0 spiro atoms. The van der Waals surface area contributed by atoms with Gasteiger partial charge in [0.2, 0.25) is 0 Å². The highest BCUT2D eigenvalue weighted by molar-refractivity contribution is 5.39. The average Bonchev–Trinajstić information content (AvgIpc) is 3.02. The summed E-state index contributed by atoms with van der Waals surface area (Å²) in [6.07, 6.45) is -1.95. The molecule has 22 heavy (non-hydrogen) atoms. The molecular formula is C12H13F3N6O. The van der Waals surface area contributed by atoms with Crippen LogP contribution in [0.25, 0.3) is 0 Å². The molecule has 3 rings (SSSR count). The van der Waals surface area contributed by atoms with Gasteiger partial charge in [-0.1, -0.05) is 0 Å². The Bertz CT molecular complexity index is 629. The standard InChI is InChI=1S/C12H13F3N6O/c13-12(14,15)8-2-3-10(19-17-8)21-5-1-4-11(22,7-21)9-6-16-20-18-9/h2-3,6,22H,1,4-5,7H2,(H,16,18,20). The Morgan fingerprint density at radius 2 is 2.09 bits per heavy atom. The number of aromatic amines is 1. The highest BCUT2D eigenvalue weighted by atomic mass is 19.4. The lowest BCUT2D eigenvalue weighted by atomic mass is 9.90. The van der Waals surface area contributed by atoms with E-state index in [0.29, 0.717) is 25.1 Å². The molecule has 1 atom stereocenters. The average molecular weight is 314 g/mol. The maximum atomic E-state index is 12.5. The summed E-state index contributed by atoms with van der Waals surface area (Å²) in [6.45, 7) is 0.736. The van der Waals surface area contributed by atoms with Crippen LogP contribution in [0.2, 0.25) is 0 Å². The minimum absolute atomic E-state index is 0.166. The maximum Gasteiger partial charge on any atom is 0.435 e. The zero-order valence-corrected chi connectivity index (χ0v) is 11.4. The maximum absolute atomic E-state index is 12.5. The number of aliphatic hydroxyl groups is 1. The Morgan fingerprint density at radius 3 is 2.68 bits per heavy atom. The highest BCUT2D eigenvalue weighted by Crippen LogP contribution is 2.32. The number of β-amino-alcohol motifs (C(OH)–C–C–N with tert-alkyl or cyclic N) is 1. The highest BCUT2D eigenvalue weighted by Gasteiger charge is 2.38. The molecule has 118 valence electrons. The van der Waals surface area contributed by atoms with E-state index in [1.54, 1.807) is 4.90 Å². The van der Waals surface area contributed by atoms with Gasteiger partial charge in [-0.3, -0.25) is 0 Å². The summed E-state index contributed by atoms with van der Waals surface area (Å²) in [5.41, 5.74) is -1.85. The summed E-state index contributed by atoms with van der Waals surface area (Å²) < 4.78 is 37.5. The largest absolute Gasteiger partial charge is 0.435 e. The van der Waals surface area contributed by atoms with Crippen LogP contribution in [-0.4, -0.2) is 43.8 Å². The second-order valence-electron chi connectivity index (χ2n) is 5.19. The quantitative estimate of drug-likeness (QED) is 0.862. The van der Waals surface area contributed by atoms with Crippen LogP contribution < -0.4 is 4.90 Å². The molecule has 2 aromatic heterocycles. The van der Waals surface area contributed by atoms with Gasteiger partial charge in [0.25, 0.3) is 0 Å². The summed E-state index contributed by atoms with van der Waals surface area (Å²) in [7, 11) is 0. The van der Waals surface area contributed by atoms with E-state index in [-0.39, 0.29) is 12.4 Å². The first-order valence-electron chi connectivity index (χ1n) is 6.63. The van der Waals surface area contributed by atoms with Crippen molar-refractivity contribution in [1.29, 1.82) is 0 Å². The Morgan fingerprint density at radius 1 is 1.27 bits per heavy atom. The van der Waals surface area contributed by atoms with Crippen LogP contribution in [0.3, 0.4) is 0 Å². The lowest BCUT2D eigenvalue weighted by Crippen LogP contribution is -2.46. The summed E-state index contributed by atoms with van der Waals surface area (Å²) in [6, 6.07) is 2.14. The van der Waals surface area contributed by atoms with Crippen LogP contribution in [0.1, 0.15) is 24.2 Å². The third-order valence-corrected chi connectivity index (χ3v) is 3.63. The summed E-state index contributed by atoms with van der Waals surface area (Å²) in [5, 5.41) is 27.5. The molecule has 2 aromatic rings. The van der Waals surface area contributed by atoms with Gasteiger partial charge in [-0.25, -0.2) is 0 Å². The van der Waals surface area contributed by atoms with Crippen LogP contribution in [0.15, 0.2) is 18.3 Å². The first kappa shape index (κ1) is 14.7. The number of aromatic nitrogens is 5. The monoisotopic (exact) mass is 314 g/mol. The molecule has 1 fully saturated rings. The predicted molar refractivity (Wildman–Crippen MR) is 68.8 cm³/mol. The van der Waals surface area contributed by atoms with E-state index < -0.39 is 17.5 Å². The molecule has 1 aliphatic rings. The number of H-pyrrole nitrogens is 1. The molecule has 7 nitrogen and oxygen atoms in total. The van der Waals surface area contributed by atoms with E-state index in [2.05, 4.69) is 25.6 Å². The van der Waals surface area contributed by atoms with Gasteiger partial charge in [-0.05, 0) is 25.0 Å². The van der Waals surface area contributed by atoms with Gasteiger partial charge in [0.1, 0.15) is 11.3 Å². The van der Waals surface area contributed by atoms with E-state index in [4.69, 9.17) is 0 Å². The fourth-order valence-electron chi connectivity index (χ4n) is 2.51. The minimum Gasteiger partial charge on any atom is -0.382 e. The van der Waals surface area contributed by atoms with Gasteiger partial charge in [0.15, 0.2) is 11.5 Å². The smallest absolute Gasteiger partial charge is 0.382 e. The van der Waals surface area contributed by atoms with Crippen molar-refractivity contribution in [3.05, 3.63) is 29.7 Å². The molecule has 0 aliphatic carbocycles. The van der Waals surface area contributed by atoms with Crippen molar-refractivity contribution in [2.24, 2.45) is 0 Å². The first-order valence-corrected chi connectivity index (χ1v) is 6.63. The Balaban J connectivity index is 1.80. The van der Waals surface area contributed by atoms with Crippen molar-refractivity contribution in [2.75, 3.05) is 18.0 Å². The number of piperidine rings is 1. The van der Waals surface area contributed by atoms with Crippen LogP contribution in [0.4, 0.5) is 19.0 Å². The molecule has 3 heterocycles. The Labute approximate surface area is 123 Å². The van der Waals surface area contributed by atoms with E-state index >= 15 is 0 Å². The molecule has 1 aliphatic heterocycles. The van der Waals surface area contributed by atoms with E-state index in [1.165, 1.54) is 12.3 Å². The number of halogens is 3. The number of alkyl halides is 3. The lowest BCUT2D eigenvalue weighted by Gasteiger charge is -2.38. The number of nitrogens with one attached hydrogen (secondary N) is 1. The van der Waals surface area contributed by atoms with Crippen LogP contribution >= 0.6 is 0 Å². The van der Waals surface area contributed by atoms with Crippen molar-refractivity contribution in [3.8, 4) is 0 Å². The number of rotatable bonds is 2. The Kier molecular flexibility index (Phi) is 3.47. The fourth-order valence-corrected chi connectivity index (χ4v) is 2.51. The first-order chi connectivity index (χ1) is 10.4. The van der Waals surface area contributed by atoms with Gasteiger partial charge in [0, 0.05) is 6.54 Å². The van der Waals surface area contributed by atoms with Crippen molar-refractivity contribution in [2.45, 2.75) is 24.6 Å². The fraction of sp³-hybridized carbons (Fsp3) is 0.500. The van der Waals surface area contributed by atoms with Crippen LogP contribution in [0, 0.1) is 0 Å². The summed E-state index contributed by atoms with van der Waals surface area (Å²) in [5.74, 6) is 0.287. The van der Waals surface area contributed by atoms with Crippen LogP contribution in [-0.2, 0) is 11.8 Å². The molecule has 1 unspecified atom stereocenters. The topological polar surface area (TPSA) is 90.8 Å². The molecule has 0 saturated carbocycles. The van der Waals surface area contributed by atoms with Crippen LogP contribution in [0.5, 0.6) is 0 Å². The van der Waals surface area contributed by atoms with E-state index in [1.807, 2.05) is 0 Å². The molecule has 0 bridgehead atoms. The molecule has 10 heteroatoms. The molecule has 2 N–H and O–H groups in total. The summed E-state index contributed by atoms with van der Waals surface area (Å²) >= 11 is 0. The number of hydrogen-bond acceptors (Lipinski definition) is 6. The molecule has 0 aromatic carbocycles. The molecule has 1 saturated heterocycles. The zero-order valence-electron chi connectivity index (χ0n) is 11.4. The van der Waals surface area contributed by atoms with E-state index in [9.17, 15) is 18.3 Å². The van der Waals surface area contributed by atoms with Gasteiger partial charge in [-0.2, -0.15) is 28.6 Å². The second kappa shape index (κ2) is 5.20. The molecule has 0 amide bonds. The number of hydrogen-bond donors (Lipinski definition) is 2. The third kappa shape index (κ3) is 2.73. The van der Waals surface area contributed by atoms with Gasteiger partial charge < -0.3 is 10.0 Å². The zero-order chi connectivity index (χ0) is 15.8. The van der Waals surface area contributed by atoms with Crippen molar-refractivity contribution in [1.82, 2.24) is 25.6 Å². The van der Waals surface area contributed by atoms with Gasteiger partial charge in [0.05, 0.1) is 12.7 Å². The van der Waals surface area contributed by atoms with Gasteiger partial charge in [-0.15, -0.1) is 10.2 Å². The van der Waals surface area contributed by atoms with Gasteiger partial charge >= 0.3 is 6.18 Å². The van der Waals surface area contributed by atoms with Crippen molar-refractivity contribution >= 4 is 5.82 Å². The minimum atomic E-state index is -4.52. The van der Waals surface area contributed by atoms with E-state index in [0.717, 1.165) is 6.07 Å². The lowest BCUT2D eigenvalue weighted by molar-refractivity contribution is -0.141. The third-order valence-electron chi connectivity index (χ3n) is 3.63. The molecule has 0 radical (unpaired) electrons. The second-order valence-corrected chi connectivity index (χ2v) is 5.19. The van der Waals surface area contributed by atoms with Crippen molar-refractivity contribution < 1.29 is 18.3 Å². The predicted octanol–water partition coefficient (Wildman–Crippen LogP) is 1.10.